The monoisotopic (exact) mass is 447 g/mol. The maximum absolute atomic E-state index is 14.0. The lowest BCUT2D eigenvalue weighted by Crippen LogP contribution is -2.66. The minimum absolute atomic E-state index is 0.0997. The van der Waals surface area contributed by atoms with Gasteiger partial charge in [-0.25, -0.2) is 0 Å². The van der Waals surface area contributed by atoms with Crippen LogP contribution < -0.4 is 10.2 Å². The molecule has 1 fully saturated rings. The number of amides is 2. The van der Waals surface area contributed by atoms with Gasteiger partial charge < -0.3 is 14.3 Å². The highest BCUT2D eigenvalue weighted by molar-refractivity contribution is 6.13. The van der Waals surface area contributed by atoms with Gasteiger partial charge in [-0.3, -0.25) is 14.5 Å². The average Bonchev–Trinajstić information content (AvgIpc) is 3.40. The SMILES string of the molecule is CCc1ccc(N2C(=O)c3cc4occc4n3C[C@]2(C)C(=O)N[C@@H]2CCC[C@H](C)[C@@H]2C)cc1. The van der Waals surface area contributed by atoms with E-state index in [0.717, 1.165) is 30.5 Å². The fourth-order valence-electron chi connectivity index (χ4n) is 5.61. The summed E-state index contributed by atoms with van der Waals surface area (Å²) in [7, 11) is 0. The first-order chi connectivity index (χ1) is 15.8. The molecule has 3 heterocycles. The molecule has 2 aromatic heterocycles. The molecular formula is C27H33N3O3. The lowest BCUT2D eigenvalue weighted by atomic mass is 9.77. The third-order valence-electron chi connectivity index (χ3n) is 8.02. The number of benzene rings is 1. The fraction of sp³-hybridized carbons (Fsp3) is 0.481. The van der Waals surface area contributed by atoms with Crippen LogP contribution in [0.1, 0.15) is 63.0 Å². The summed E-state index contributed by atoms with van der Waals surface area (Å²) in [6.07, 6.45) is 5.84. The maximum Gasteiger partial charge on any atom is 0.276 e. The van der Waals surface area contributed by atoms with Crippen LogP contribution in [0.4, 0.5) is 5.69 Å². The van der Waals surface area contributed by atoms with E-state index < -0.39 is 5.54 Å². The lowest BCUT2D eigenvalue weighted by Gasteiger charge is -2.45. The molecule has 1 aliphatic heterocycles. The number of hydrogen-bond donors (Lipinski definition) is 1. The molecule has 6 nitrogen and oxygen atoms in total. The van der Waals surface area contributed by atoms with Gasteiger partial charge in [0.25, 0.3) is 5.91 Å². The standard InChI is InChI=1S/C27H33N3O3/c1-5-19-9-11-20(12-10-19)30-25(31)23-15-24-22(13-14-33-24)29(23)16-27(30,4)26(32)28-21-8-6-7-17(2)18(21)3/h9-15,17-18,21H,5-8,16H2,1-4H3,(H,28,32)/t17-,18-,21+,27+/m0/s1. The van der Waals surface area contributed by atoms with E-state index in [-0.39, 0.29) is 17.9 Å². The van der Waals surface area contributed by atoms with Crippen molar-refractivity contribution in [3.8, 4) is 0 Å². The zero-order valence-electron chi connectivity index (χ0n) is 19.9. The minimum Gasteiger partial charge on any atom is -0.463 e. The van der Waals surface area contributed by atoms with E-state index in [9.17, 15) is 9.59 Å². The topological polar surface area (TPSA) is 67.5 Å². The maximum atomic E-state index is 14.0. The lowest BCUT2D eigenvalue weighted by molar-refractivity contribution is -0.128. The van der Waals surface area contributed by atoms with Crippen LogP contribution in [-0.4, -0.2) is 28.0 Å². The highest BCUT2D eigenvalue weighted by Crippen LogP contribution is 2.37. The Morgan fingerprint density at radius 3 is 2.67 bits per heavy atom. The third kappa shape index (κ3) is 3.47. The Bertz CT molecular complexity index is 1190. The van der Waals surface area contributed by atoms with Gasteiger partial charge in [0.2, 0.25) is 5.91 Å². The van der Waals surface area contributed by atoms with Gasteiger partial charge in [0, 0.05) is 23.9 Å². The predicted octanol–water partition coefficient (Wildman–Crippen LogP) is 5.16. The van der Waals surface area contributed by atoms with Gasteiger partial charge in [0.1, 0.15) is 11.2 Å². The van der Waals surface area contributed by atoms with E-state index in [2.05, 4.69) is 26.1 Å². The van der Waals surface area contributed by atoms with Gasteiger partial charge in [-0.05, 0) is 49.3 Å². The molecule has 6 heteroatoms. The van der Waals surface area contributed by atoms with Gasteiger partial charge in [0.15, 0.2) is 5.58 Å². The van der Waals surface area contributed by atoms with Crippen molar-refractivity contribution in [1.29, 1.82) is 0 Å². The molecular weight excluding hydrogens is 414 g/mol. The largest absolute Gasteiger partial charge is 0.463 e. The third-order valence-corrected chi connectivity index (χ3v) is 8.02. The van der Waals surface area contributed by atoms with E-state index >= 15 is 0 Å². The summed E-state index contributed by atoms with van der Waals surface area (Å²) in [5.74, 6) is 0.701. The molecule has 1 aliphatic carbocycles. The first-order valence-corrected chi connectivity index (χ1v) is 12.1. The van der Waals surface area contributed by atoms with E-state index in [1.165, 1.54) is 12.0 Å². The fourth-order valence-corrected chi connectivity index (χ4v) is 5.61. The molecule has 0 radical (unpaired) electrons. The van der Waals surface area contributed by atoms with Gasteiger partial charge in [-0.15, -0.1) is 0 Å². The molecule has 1 saturated carbocycles. The van der Waals surface area contributed by atoms with Gasteiger partial charge in [0.05, 0.1) is 18.3 Å². The molecule has 4 atom stereocenters. The van der Waals surface area contributed by atoms with E-state index in [4.69, 9.17) is 4.42 Å². The molecule has 1 N–H and O–H groups in total. The number of carbonyl (C=O) groups is 2. The van der Waals surface area contributed by atoms with E-state index in [1.807, 2.05) is 41.8 Å². The molecule has 174 valence electrons. The van der Waals surface area contributed by atoms with Crippen molar-refractivity contribution in [3.05, 3.63) is 53.9 Å². The molecule has 1 aromatic carbocycles. The molecule has 33 heavy (non-hydrogen) atoms. The van der Waals surface area contributed by atoms with E-state index in [1.54, 1.807) is 17.2 Å². The number of nitrogens with zero attached hydrogens (tertiary/aromatic N) is 2. The van der Waals surface area contributed by atoms with Crippen molar-refractivity contribution in [1.82, 2.24) is 9.88 Å². The zero-order valence-corrected chi connectivity index (χ0v) is 19.9. The van der Waals surface area contributed by atoms with Crippen molar-refractivity contribution < 1.29 is 14.0 Å². The van der Waals surface area contributed by atoms with Crippen molar-refractivity contribution in [2.45, 2.75) is 71.5 Å². The molecule has 2 amide bonds. The minimum atomic E-state index is -1.07. The Balaban J connectivity index is 1.57. The molecule has 0 saturated heterocycles. The van der Waals surface area contributed by atoms with Crippen LogP contribution in [0.3, 0.4) is 0 Å². The van der Waals surface area contributed by atoms with Crippen LogP contribution in [0.5, 0.6) is 0 Å². The summed E-state index contributed by atoms with van der Waals surface area (Å²) in [6, 6.07) is 11.7. The van der Waals surface area contributed by atoms with Crippen LogP contribution in [0, 0.1) is 11.8 Å². The van der Waals surface area contributed by atoms with Gasteiger partial charge >= 0.3 is 0 Å². The predicted molar refractivity (Wildman–Crippen MR) is 129 cm³/mol. The Morgan fingerprint density at radius 1 is 1.18 bits per heavy atom. The second-order valence-corrected chi connectivity index (χ2v) is 10.1. The average molecular weight is 448 g/mol. The summed E-state index contributed by atoms with van der Waals surface area (Å²) in [5, 5.41) is 3.35. The first-order valence-electron chi connectivity index (χ1n) is 12.1. The summed E-state index contributed by atoms with van der Waals surface area (Å²) >= 11 is 0. The number of aromatic nitrogens is 1. The van der Waals surface area contributed by atoms with Crippen molar-refractivity contribution in [2.75, 3.05) is 4.90 Å². The molecule has 0 unspecified atom stereocenters. The van der Waals surface area contributed by atoms with Crippen LogP contribution in [0.2, 0.25) is 0 Å². The smallest absolute Gasteiger partial charge is 0.276 e. The van der Waals surface area contributed by atoms with Crippen LogP contribution in [-0.2, 0) is 17.8 Å². The second kappa shape index (κ2) is 8.08. The van der Waals surface area contributed by atoms with Crippen molar-refractivity contribution in [3.63, 3.8) is 0 Å². The zero-order chi connectivity index (χ0) is 23.3. The Kier molecular flexibility index (Phi) is 5.34. The summed E-state index contributed by atoms with van der Waals surface area (Å²) in [4.78, 5) is 29.5. The molecule has 0 spiro atoms. The van der Waals surface area contributed by atoms with Crippen LogP contribution >= 0.6 is 0 Å². The number of carbonyl (C=O) groups excluding carboxylic acids is 2. The Hall–Kier alpha value is -3.02. The van der Waals surface area contributed by atoms with Gasteiger partial charge in [-0.2, -0.15) is 0 Å². The normalized spacial score (nSPS) is 27.6. The number of nitrogens with one attached hydrogen (secondary N) is 1. The Morgan fingerprint density at radius 2 is 1.94 bits per heavy atom. The molecule has 5 rings (SSSR count). The highest BCUT2D eigenvalue weighted by Gasteiger charge is 2.49. The quantitative estimate of drug-likeness (QED) is 0.601. The number of aryl methyl sites for hydroxylation is 1. The van der Waals surface area contributed by atoms with E-state index in [0.29, 0.717) is 29.7 Å². The number of anilines is 1. The summed E-state index contributed by atoms with van der Waals surface area (Å²) in [6.45, 7) is 8.85. The van der Waals surface area contributed by atoms with Crippen molar-refractivity contribution >= 4 is 28.6 Å². The van der Waals surface area contributed by atoms with Crippen LogP contribution in [0.15, 0.2) is 47.1 Å². The number of hydrogen-bond acceptors (Lipinski definition) is 3. The highest BCUT2D eigenvalue weighted by atomic mass is 16.3. The van der Waals surface area contributed by atoms with Gasteiger partial charge in [-0.1, -0.05) is 45.7 Å². The molecule has 0 bridgehead atoms. The Labute approximate surface area is 194 Å². The summed E-state index contributed by atoms with van der Waals surface area (Å²) < 4.78 is 7.51. The number of fused-ring (bicyclic) bond motifs is 3. The first kappa shape index (κ1) is 21.8. The van der Waals surface area contributed by atoms with Crippen LogP contribution in [0.25, 0.3) is 11.1 Å². The summed E-state index contributed by atoms with van der Waals surface area (Å²) in [5.41, 5.74) is 2.93. The number of furan rings is 1. The second-order valence-electron chi connectivity index (χ2n) is 10.1. The molecule has 2 aliphatic rings. The van der Waals surface area contributed by atoms with Crippen molar-refractivity contribution in [2.24, 2.45) is 11.8 Å². The molecule has 3 aromatic rings. The number of rotatable bonds is 4.